The third kappa shape index (κ3) is 3.99. The van der Waals surface area contributed by atoms with Crippen molar-refractivity contribution in [2.24, 2.45) is 4.99 Å². The molecule has 0 rings (SSSR count). The Hall–Kier alpha value is -0.193. The maximum absolute atomic E-state index is 5.55. The Kier molecular flexibility index (Phi) is 6.23. The highest BCUT2D eigenvalue weighted by Crippen LogP contribution is 1.97. The molecule has 0 heterocycles. The molecular weight excluding hydrogens is 168 g/mol. The van der Waals surface area contributed by atoms with Gasteiger partial charge >= 0.3 is 0 Å². The van der Waals surface area contributed by atoms with Crippen molar-refractivity contribution in [1.82, 2.24) is 4.90 Å². The Balaban J connectivity index is 4.18. The summed E-state index contributed by atoms with van der Waals surface area (Å²) in [6.07, 6.45) is 0.0987. The van der Waals surface area contributed by atoms with Gasteiger partial charge < -0.3 is 4.74 Å². The molecule has 12 heavy (non-hydrogen) atoms. The van der Waals surface area contributed by atoms with Crippen LogP contribution in [0.3, 0.4) is 0 Å². The fourth-order valence-electron chi connectivity index (χ4n) is 1.13. The smallest absolute Gasteiger partial charge is 0.143 e. The van der Waals surface area contributed by atoms with Crippen molar-refractivity contribution in [3.8, 4) is 0 Å². The Morgan fingerprint density at radius 2 is 2.08 bits per heavy atom. The molecule has 1 unspecified atom stereocenters. The van der Waals surface area contributed by atoms with Gasteiger partial charge in [0.25, 0.3) is 0 Å². The summed E-state index contributed by atoms with van der Waals surface area (Å²) in [6, 6.07) is 0. The number of hydrogen-bond donors (Lipinski definition) is 0. The molecule has 0 spiro atoms. The van der Waals surface area contributed by atoms with E-state index in [0.717, 1.165) is 23.4 Å². The minimum Gasteiger partial charge on any atom is -0.358 e. The number of ether oxygens (including phenoxy) is 1. The van der Waals surface area contributed by atoms with Crippen LogP contribution in [0.2, 0.25) is 0 Å². The van der Waals surface area contributed by atoms with Crippen LogP contribution < -0.4 is 0 Å². The number of rotatable bonds is 5. The van der Waals surface area contributed by atoms with Crippen LogP contribution in [0.5, 0.6) is 0 Å². The maximum atomic E-state index is 5.55. The monoisotopic (exact) mass is 188 g/mol. The van der Waals surface area contributed by atoms with Gasteiger partial charge in [-0.2, -0.15) is 0 Å². The van der Waals surface area contributed by atoms with Gasteiger partial charge in [0.05, 0.1) is 10.2 Å². The second kappa shape index (κ2) is 6.34. The highest BCUT2D eigenvalue weighted by atomic mass is 28.1. The van der Waals surface area contributed by atoms with Gasteiger partial charge in [-0.25, -0.2) is 0 Å². The number of hydrogen-bond acceptors (Lipinski definition) is 3. The summed E-state index contributed by atoms with van der Waals surface area (Å²) >= 11 is 0. The first-order chi connectivity index (χ1) is 5.63. The minimum atomic E-state index is 0.0987. The van der Waals surface area contributed by atoms with Crippen molar-refractivity contribution in [2.45, 2.75) is 20.1 Å². The van der Waals surface area contributed by atoms with E-state index in [1.165, 1.54) is 5.33 Å². The van der Waals surface area contributed by atoms with Gasteiger partial charge in [-0.05, 0) is 27.9 Å². The van der Waals surface area contributed by atoms with Crippen molar-refractivity contribution < 1.29 is 4.74 Å². The summed E-state index contributed by atoms with van der Waals surface area (Å²) in [5.74, 6) is 0. The summed E-state index contributed by atoms with van der Waals surface area (Å²) in [4.78, 5) is 6.44. The molecule has 1 atom stereocenters. The molecule has 0 amide bonds. The van der Waals surface area contributed by atoms with Gasteiger partial charge in [0.1, 0.15) is 6.23 Å². The lowest BCUT2D eigenvalue weighted by Gasteiger charge is -2.23. The molecule has 0 aromatic carbocycles. The zero-order valence-electron chi connectivity index (χ0n) is 8.79. The Morgan fingerprint density at radius 3 is 2.42 bits per heavy atom. The predicted octanol–water partition coefficient (Wildman–Crippen LogP) is -0.306. The quantitative estimate of drug-likeness (QED) is 0.336. The molecule has 0 N–H and O–H groups in total. The third-order valence-electron chi connectivity index (χ3n) is 1.56. The van der Waals surface area contributed by atoms with Gasteiger partial charge in [-0.15, -0.1) is 0 Å². The summed E-state index contributed by atoms with van der Waals surface area (Å²) in [6.45, 7) is 5.66. The fourth-order valence-corrected chi connectivity index (χ4v) is 2.13. The van der Waals surface area contributed by atoms with Crippen molar-refractivity contribution in [3.63, 3.8) is 0 Å². The molecule has 72 valence electrons. The van der Waals surface area contributed by atoms with Crippen LogP contribution in [0.1, 0.15) is 13.8 Å². The zero-order valence-corrected chi connectivity index (χ0v) is 10.8. The van der Waals surface area contributed by atoms with Crippen LogP contribution in [0.15, 0.2) is 4.99 Å². The Labute approximate surface area is 78.2 Å². The Morgan fingerprint density at radius 1 is 1.50 bits per heavy atom. The van der Waals surface area contributed by atoms with Crippen molar-refractivity contribution in [2.75, 3.05) is 27.2 Å². The largest absolute Gasteiger partial charge is 0.358 e. The minimum absolute atomic E-state index is 0.0987. The van der Waals surface area contributed by atoms with E-state index in [4.69, 9.17) is 4.74 Å². The molecule has 0 aromatic rings. The van der Waals surface area contributed by atoms with Gasteiger partial charge in [0, 0.05) is 18.5 Å². The van der Waals surface area contributed by atoms with Crippen LogP contribution in [-0.4, -0.2) is 54.0 Å². The van der Waals surface area contributed by atoms with Crippen LogP contribution in [-0.2, 0) is 4.74 Å². The average molecular weight is 188 g/mol. The lowest BCUT2D eigenvalue weighted by Crippen LogP contribution is -2.38. The lowest BCUT2D eigenvalue weighted by molar-refractivity contribution is 0.0207. The number of aliphatic imine (C=N–C) groups is 1. The molecule has 0 radical (unpaired) electrons. The Bertz CT molecular complexity index is 148. The molecule has 3 nitrogen and oxygen atoms in total. The first-order valence-corrected chi connectivity index (χ1v) is 5.42. The average Bonchev–Trinajstić information content (AvgIpc) is 1.99. The van der Waals surface area contributed by atoms with E-state index in [1.54, 1.807) is 0 Å². The molecule has 0 fully saturated rings. The van der Waals surface area contributed by atoms with Gasteiger partial charge in [0.15, 0.2) is 0 Å². The summed E-state index contributed by atoms with van der Waals surface area (Å²) in [5.41, 5.74) is 0. The lowest BCUT2D eigenvalue weighted by atomic mass is 10.5. The van der Waals surface area contributed by atoms with E-state index >= 15 is 0 Å². The highest BCUT2D eigenvalue weighted by molar-refractivity contribution is 6.60. The topological polar surface area (TPSA) is 24.8 Å². The normalized spacial score (nSPS) is 15.6. The van der Waals surface area contributed by atoms with Gasteiger partial charge in [-0.1, -0.05) is 0 Å². The van der Waals surface area contributed by atoms with E-state index in [9.17, 15) is 0 Å². The molecule has 0 aliphatic rings. The van der Waals surface area contributed by atoms with Crippen molar-refractivity contribution in [3.05, 3.63) is 0 Å². The summed E-state index contributed by atoms with van der Waals surface area (Å²) in [7, 11) is 5.01. The van der Waals surface area contributed by atoms with Crippen LogP contribution in [0, 0.1) is 0 Å². The van der Waals surface area contributed by atoms with E-state index in [2.05, 4.69) is 16.8 Å². The van der Waals surface area contributed by atoms with E-state index in [1.807, 2.05) is 21.0 Å². The van der Waals surface area contributed by atoms with E-state index in [-0.39, 0.29) is 6.23 Å². The molecule has 0 aliphatic carbocycles. The molecular formula is C8H20N2OSi. The third-order valence-corrected chi connectivity index (χ3v) is 2.37. The number of nitrogens with zero attached hydrogens (tertiary/aromatic N) is 2. The standard InChI is InChI=1S/C8H20N2OSi/c1-5-9-7(12)8(10(3)4)11-6-2/h8H,5-6H2,1-4,12H3. The van der Waals surface area contributed by atoms with Crippen LogP contribution in [0.4, 0.5) is 0 Å². The second-order valence-electron chi connectivity index (χ2n) is 2.89. The molecule has 0 saturated heterocycles. The summed E-state index contributed by atoms with van der Waals surface area (Å²) < 4.78 is 5.55. The first kappa shape index (κ1) is 11.8. The first-order valence-electron chi connectivity index (χ1n) is 4.42. The summed E-state index contributed by atoms with van der Waals surface area (Å²) in [5, 5.41) is 1.18. The van der Waals surface area contributed by atoms with E-state index < -0.39 is 0 Å². The molecule has 0 bridgehead atoms. The molecule has 0 aromatic heterocycles. The molecule has 4 heteroatoms. The van der Waals surface area contributed by atoms with E-state index in [0.29, 0.717) is 0 Å². The van der Waals surface area contributed by atoms with Gasteiger partial charge in [0.2, 0.25) is 0 Å². The SMILES string of the molecule is CCN=C([SiH3])C(OCC)N(C)C. The predicted molar refractivity (Wildman–Crippen MR) is 57.0 cm³/mol. The van der Waals surface area contributed by atoms with Gasteiger partial charge in [-0.3, -0.25) is 9.89 Å². The molecule has 0 saturated carbocycles. The second-order valence-corrected chi connectivity index (χ2v) is 3.91. The van der Waals surface area contributed by atoms with Crippen molar-refractivity contribution >= 4 is 15.6 Å². The maximum Gasteiger partial charge on any atom is 0.143 e. The molecule has 0 aliphatic heterocycles. The van der Waals surface area contributed by atoms with Crippen molar-refractivity contribution in [1.29, 1.82) is 0 Å². The fraction of sp³-hybridized carbons (Fsp3) is 0.875. The zero-order chi connectivity index (χ0) is 9.56. The van der Waals surface area contributed by atoms with Crippen LogP contribution >= 0.6 is 0 Å². The highest BCUT2D eigenvalue weighted by Gasteiger charge is 2.13. The van der Waals surface area contributed by atoms with Crippen LogP contribution in [0.25, 0.3) is 0 Å².